The molecule has 0 unspecified atom stereocenters. The molecule has 5 aromatic rings. The number of aliphatic hydroxyl groups is 1. The first-order valence-corrected chi connectivity index (χ1v) is 28.7. The van der Waals surface area contributed by atoms with Gasteiger partial charge in [0.15, 0.2) is 5.82 Å². The van der Waals surface area contributed by atoms with E-state index in [1.54, 1.807) is 6.07 Å². The second kappa shape index (κ2) is 20.3. The fourth-order valence-corrected chi connectivity index (χ4v) is 14.4. The Bertz CT molecular complexity index is 3040. The number of fused-ring (bicyclic) bond motifs is 3. The van der Waals surface area contributed by atoms with Gasteiger partial charge in [-0.3, -0.25) is 19.8 Å². The van der Waals surface area contributed by atoms with E-state index in [2.05, 4.69) is 98.7 Å². The number of morpholine rings is 1. The number of rotatable bonds is 13. The number of nitro benzene ring substituents is 1. The third kappa shape index (κ3) is 9.97. The van der Waals surface area contributed by atoms with Crippen LogP contribution in [0.15, 0.2) is 83.9 Å². The zero-order valence-electron chi connectivity index (χ0n) is 44.0. The van der Waals surface area contributed by atoms with Crippen LogP contribution in [0.2, 0.25) is 0 Å². The molecule has 6 heterocycles. The van der Waals surface area contributed by atoms with Gasteiger partial charge in [0.05, 0.1) is 70.3 Å². The van der Waals surface area contributed by atoms with Gasteiger partial charge >= 0.3 is 0 Å². The second-order valence-corrected chi connectivity index (χ2v) is 24.9. The monoisotopic (exact) mass is 1040 g/mol. The van der Waals surface area contributed by atoms with Crippen LogP contribution in [0.25, 0.3) is 11.0 Å². The number of ether oxygens (including phenoxy) is 2. The average Bonchev–Trinajstić information content (AvgIpc) is 3.85. The number of carbonyl (C=O) groups is 1. The number of aromatic nitrogens is 2. The number of aromatic amines is 1. The molecule has 4 aliphatic heterocycles. The summed E-state index contributed by atoms with van der Waals surface area (Å²) in [4.78, 5) is 44.5. The second-order valence-electron chi connectivity index (χ2n) is 23.2. The standard InChI is InChI=1S/C57H73N9O8S/c1-36(2)43-8-6-7-9-44(43)51-34-74-27-25-63(51)41-31-57(32-41)20-23-62(24-21-57)40-10-12-45(48(29-40)65-47-17-26-73-35-52(47)64(37(3)4)54-50(65)28-39-16-22-58-53(39)60-54)55(67)61-75(71,72)42-11-13-46(49(30-42)66(69)70)59-33-38-14-18-56(5,68)19-15-38/h6-13,16,22,28-30,36-38,41,47,51-52,59,68H,14-15,17-21,23-27,31-35H2,1-5H3,(H,58,60)(H,61,67)/t38?,47-,51-,52-,56?/m0/s1. The fourth-order valence-electron chi connectivity index (χ4n) is 13.4. The predicted octanol–water partition coefficient (Wildman–Crippen LogP) is 9.41. The number of hydrogen-bond acceptors (Lipinski definition) is 14. The molecule has 3 atom stereocenters. The predicted molar refractivity (Wildman–Crippen MR) is 292 cm³/mol. The Hall–Kier alpha value is -5.79. The summed E-state index contributed by atoms with van der Waals surface area (Å²) < 4.78 is 43.3. The number of piperidine rings is 1. The Labute approximate surface area is 440 Å². The van der Waals surface area contributed by atoms with Crippen LogP contribution in [0.4, 0.5) is 34.3 Å². The smallest absolute Gasteiger partial charge is 0.293 e. The number of carbonyl (C=O) groups excluding carboxylic acids is 1. The van der Waals surface area contributed by atoms with Crippen LogP contribution in [-0.4, -0.2) is 122 Å². The SMILES string of the molecule is CC(C)c1ccccc1[C@@H]1COCCN1C1CC2(CCN(c3ccc(C(=O)NS(=O)(=O)c4ccc(NCC5CCC(C)(O)CC5)c([N+](=O)[O-])c4)c(N4c5cc6cc[nH]c6nc5N(C(C)C)[C@H]5COCC[C@@H]54)c3)CC2)C1. The highest BCUT2D eigenvalue weighted by Gasteiger charge is 2.50. The van der Waals surface area contributed by atoms with Gasteiger partial charge in [0.25, 0.3) is 21.6 Å². The average molecular weight is 1040 g/mol. The molecule has 18 heteroatoms. The number of benzene rings is 3. The molecule has 75 heavy (non-hydrogen) atoms. The minimum absolute atomic E-state index is 0.0616. The molecule has 1 amide bonds. The fraction of sp³-hybridized carbons (Fsp3) is 0.544. The number of H-pyrrole nitrogens is 1. The molecule has 0 bridgehead atoms. The van der Waals surface area contributed by atoms with E-state index in [-0.39, 0.29) is 46.8 Å². The summed E-state index contributed by atoms with van der Waals surface area (Å²) in [6, 6.07) is 22.8. The summed E-state index contributed by atoms with van der Waals surface area (Å²) in [6.45, 7) is 16.1. The third-order valence-corrected chi connectivity index (χ3v) is 19.0. The summed E-state index contributed by atoms with van der Waals surface area (Å²) >= 11 is 0. The molecule has 3 saturated heterocycles. The van der Waals surface area contributed by atoms with E-state index >= 15 is 0 Å². The number of pyridine rings is 1. The van der Waals surface area contributed by atoms with Crippen molar-refractivity contribution < 1.29 is 32.7 Å². The summed E-state index contributed by atoms with van der Waals surface area (Å²) in [6.07, 6.45) is 9.68. The Morgan fingerprint density at radius 3 is 2.41 bits per heavy atom. The van der Waals surface area contributed by atoms with E-state index in [1.165, 1.54) is 23.3 Å². The number of sulfonamides is 1. The number of hydrogen-bond donors (Lipinski definition) is 4. The molecule has 2 aromatic heterocycles. The minimum atomic E-state index is -4.62. The molecule has 3 aromatic carbocycles. The minimum Gasteiger partial charge on any atom is -0.390 e. The van der Waals surface area contributed by atoms with Crippen molar-refractivity contribution in [2.45, 2.75) is 139 Å². The van der Waals surface area contributed by atoms with Gasteiger partial charge in [-0.15, -0.1) is 0 Å². The van der Waals surface area contributed by atoms with Crippen LogP contribution >= 0.6 is 0 Å². The summed E-state index contributed by atoms with van der Waals surface area (Å²) in [5.41, 5.74) is 5.27. The first-order valence-electron chi connectivity index (χ1n) is 27.2. The number of nitrogens with one attached hydrogen (secondary N) is 3. The molecule has 2 aliphatic carbocycles. The van der Waals surface area contributed by atoms with E-state index in [9.17, 15) is 28.4 Å². The topological polar surface area (TPSA) is 199 Å². The maximum absolute atomic E-state index is 14.9. The normalized spacial score (nSPS) is 25.3. The molecule has 11 rings (SSSR count). The van der Waals surface area contributed by atoms with E-state index in [4.69, 9.17) is 14.5 Å². The molecule has 17 nitrogen and oxygen atoms in total. The zero-order chi connectivity index (χ0) is 52.4. The summed E-state index contributed by atoms with van der Waals surface area (Å²) in [5, 5.41) is 26.9. The molecule has 0 radical (unpaired) electrons. The Morgan fingerprint density at radius 2 is 1.67 bits per heavy atom. The lowest BCUT2D eigenvalue weighted by Gasteiger charge is -2.57. The molecule has 6 aliphatic rings. The van der Waals surface area contributed by atoms with Gasteiger partial charge in [0, 0.05) is 68.2 Å². The molecule has 1 spiro atoms. The highest BCUT2D eigenvalue weighted by atomic mass is 32.2. The molecular weight excluding hydrogens is 971 g/mol. The quantitative estimate of drug-likeness (QED) is 0.0642. The maximum atomic E-state index is 14.9. The van der Waals surface area contributed by atoms with Crippen LogP contribution in [-0.2, 0) is 19.5 Å². The van der Waals surface area contributed by atoms with Crippen LogP contribution in [0.1, 0.15) is 126 Å². The first kappa shape index (κ1) is 51.3. The van der Waals surface area contributed by atoms with Crippen molar-refractivity contribution in [1.82, 2.24) is 19.6 Å². The van der Waals surface area contributed by atoms with Gasteiger partial charge < -0.3 is 39.6 Å². The summed E-state index contributed by atoms with van der Waals surface area (Å²) in [5.74, 6) is 0.517. The van der Waals surface area contributed by atoms with Gasteiger partial charge in [-0.05, 0) is 149 Å². The van der Waals surface area contributed by atoms with Gasteiger partial charge in [-0.25, -0.2) is 18.1 Å². The molecule has 4 N–H and O–H groups in total. The maximum Gasteiger partial charge on any atom is 0.293 e. The number of amides is 1. The largest absolute Gasteiger partial charge is 0.390 e. The zero-order valence-corrected chi connectivity index (χ0v) is 44.8. The van der Waals surface area contributed by atoms with E-state index in [0.717, 1.165) is 99.1 Å². The molecule has 400 valence electrons. The number of nitro groups is 1. The van der Waals surface area contributed by atoms with Crippen molar-refractivity contribution in [3.8, 4) is 0 Å². The van der Waals surface area contributed by atoms with E-state index in [0.29, 0.717) is 63.3 Å². The van der Waals surface area contributed by atoms with Crippen molar-refractivity contribution in [3.05, 3.63) is 106 Å². The summed E-state index contributed by atoms with van der Waals surface area (Å²) in [7, 11) is -4.62. The van der Waals surface area contributed by atoms with Crippen molar-refractivity contribution in [2.24, 2.45) is 11.3 Å². The lowest BCUT2D eigenvalue weighted by molar-refractivity contribution is -0.384. The van der Waals surface area contributed by atoms with Gasteiger partial charge in [0.2, 0.25) is 0 Å². The Balaban J connectivity index is 0.889. The Kier molecular flexibility index (Phi) is 13.9. The van der Waals surface area contributed by atoms with Gasteiger partial charge in [0.1, 0.15) is 11.3 Å². The number of anilines is 5. The highest BCUT2D eigenvalue weighted by molar-refractivity contribution is 7.90. The van der Waals surface area contributed by atoms with Crippen LogP contribution in [0, 0.1) is 21.4 Å². The van der Waals surface area contributed by atoms with E-state index < -0.39 is 37.0 Å². The van der Waals surface area contributed by atoms with Crippen LogP contribution in [0.3, 0.4) is 0 Å². The van der Waals surface area contributed by atoms with Gasteiger partial charge in [-0.2, -0.15) is 0 Å². The molecule has 2 saturated carbocycles. The van der Waals surface area contributed by atoms with Gasteiger partial charge in [-0.1, -0.05) is 38.1 Å². The van der Waals surface area contributed by atoms with Crippen molar-refractivity contribution in [2.75, 3.05) is 72.6 Å². The van der Waals surface area contributed by atoms with Crippen molar-refractivity contribution >= 4 is 61.2 Å². The number of nitrogens with zero attached hydrogens (tertiary/aromatic N) is 6. The van der Waals surface area contributed by atoms with Crippen molar-refractivity contribution in [1.29, 1.82) is 0 Å². The van der Waals surface area contributed by atoms with Crippen LogP contribution in [0.5, 0.6) is 0 Å². The third-order valence-electron chi connectivity index (χ3n) is 17.6. The molecular formula is C57H73N9O8S. The first-order chi connectivity index (χ1) is 36.0. The van der Waals surface area contributed by atoms with Crippen LogP contribution < -0.4 is 24.7 Å². The lowest BCUT2D eigenvalue weighted by Crippen LogP contribution is -2.61. The lowest BCUT2D eigenvalue weighted by atomic mass is 9.59. The molecule has 5 fully saturated rings. The highest BCUT2D eigenvalue weighted by Crippen LogP contribution is 2.54. The Morgan fingerprint density at radius 1 is 0.907 bits per heavy atom. The van der Waals surface area contributed by atoms with Crippen molar-refractivity contribution in [3.63, 3.8) is 0 Å². The van der Waals surface area contributed by atoms with E-state index in [1.807, 2.05) is 25.3 Å².